The summed E-state index contributed by atoms with van der Waals surface area (Å²) in [5.74, 6) is 0.0900. The average molecular weight is 282 g/mol. The Morgan fingerprint density at radius 2 is 1.48 bits per heavy atom. The van der Waals surface area contributed by atoms with E-state index in [2.05, 4.69) is 17.6 Å². The van der Waals surface area contributed by atoms with Gasteiger partial charge in [-0.15, -0.1) is 0 Å². The Bertz CT molecular complexity index is 549. The van der Waals surface area contributed by atoms with Crippen molar-refractivity contribution in [3.63, 3.8) is 0 Å². The van der Waals surface area contributed by atoms with Crippen LogP contribution in [0.2, 0.25) is 0 Å². The molecule has 2 aromatic rings. The highest BCUT2D eigenvalue weighted by atomic mass is 16.1. The zero-order valence-electron chi connectivity index (χ0n) is 12.4. The van der Waals surface area contributed by atoms with Crippen molar-refractivity contribution in [3.8, 4) is 0 Å². The standard InChI is InChI=1S/C18H22N2O/c1-2-3-5-10-18(21)20-17-13-11-16(12-14-17)19-15-8-6-4-7-9-15/h4,6-9,11-14,19H,2-3,5,10H2,1H3,(H,20,21). The normalized spacial score (nSPS) is 10.1. The van der Waals surface area contributed by atoms with Crippen molar-refractivity contribution in [2.24, 2.45) is 0 Å². The molecule has 0 heterocycles. The number of unbranched alkanes of at least 4 members (excludes halogenated alkanes) is 2. The molecule has 0 spiro atoms. The second-order valence-corrected chi connectivity index (χ2v) is 5.07. The molecule has 0 radical (unpaired) electrons. The SMILES string of the molecule is CCCCCC(=O)Nc1ccc(Nc2ccccc2)cc1. The number of hydrogen-bond donors (Lipinski definition) is 2. The quantitative estimate of drug-likeness (QED) is 0.705. The summed E-state index contributed by atoms with van der Waals surface area (Å²) in [7, 11) is 0. The largest absolute Gasteiger partial charge is 0.356 e. The van der Waals surface area contributed by atoms with Crippen molar-refractivity contribution >= 4 is 23.0 Å². The summed E-state index contributed by atoms with van der Waals surface area (Å²) in [6.07, 6.45) is 3.79. The Morgan fingerprint density at radius 3 is 2.14 bits per heavy atom. The molecule has 0 atom stereocenters. The van der Waals surface area contributed by atoms with Gasteiger partial charge in [0.05, 0.1) is 0 Å². The number of rotatable bonds is 7. The minimum Gasteiger partial charge on any atom is -0.356 e. The van der Waals surface area contributed by atoms with E-state index >= 15 is 0 Å². The maximum absolute atomic E-state index is 11.7. The summed E-state index contributed by atoms with van der Waals surface area (Å²) in [5.41, 5.74) is 2.90. The lowest BCUT2D eigenvalue weighted by Crippen LogP contribution is -2.10. The van der Waals surface area contributed by atoms with Gasteiger partial charge in [-0.1, -0.05) is 38.0 Å². The number of carbonyl (C=O) groups is 1. The minimum atomic E-state index is 0.0900. The smallest absolute Gasteiger partial charge is 0.224 e. The van der Waals surface area contributed by atoms with Crippen molar-refractivity contribution < 1.29 is 4.79 Å². The molecule has 0 fully saturated rings. The molecule has 1 amide bonds. The van der Waals surface area contributed by atoms with E-state index in [-0.39, 0.29) is 5.91 Å². The first-order chi connectivity index (χ1) is 10.3. The van der Waals surface area contributed by atoms with Gasteiger partial charge in [0.2, 0.25) is 5.91 Å². The first kappa shape index (κ1) is 15.1. The van der Waals surface area contributed by atoms with E-state index in [1.807, 2.05) is 54.6 Å². The van der Waals surface area contributed by atoms with E-state index in [1.54, 1.807) is 0 Å². The fraction of sp³-hybridized carbons (Fsp3) is 0.278. The Morgan fingerprint density at radius 1 is 0.857 bits per heavy atom. The third-order valence-corrected chi connectivity index (χ3v) is 3.24. The molecule has 2 N–H and O–H groups in total. The van der Waals surface area contributed by atoms with Crippen molar-refractivity contribution in [1.82, 2.24) is 0 Å². The van der Waals surface area contributed by atoms with Gasteiger partial charge in [0.1, 0.15) is 0 Å². The molecule has 110 valence electrons. The van der Waals surface area contributed by atoms with E-state index < -0.39 is 0 Å². The van der Waals surface area contributed by atoms with Crippen LogP contribution in [0.15, 0.2) is 54.6 Å². The molecule has 0 aliphatic carbocycles. The highest BCUT2D eigenvalue weighted by molar-refractivity contribution is 5.90. The molecule has 2 aromatic carbocycles. The molecule has 0 saturated heterocycles. The highest BCUT2D eigenvalue weighted by Gasteiger charge is 2.02. The average Bonchev–Trinajstić information content (AvgIpc) is 2.51. The number of nitrogens with one attached hydrogen (secondary N) is 2. The van der Waals surface area contributed by atoms with Gasteiger partial charge in [-0.3, -0.25) is 4.79 Å². The van der Waals surface area contributed by atoms with Crippen LogP contribution >= 0.6 is 0 Å². The monoisotopic (exact) mass is 282 g/mol. The predicted molar refractivity (Wildman–Crippen MR) is 88.9 cm³/mol. The van der Waals surface area contributed by atoms with Crippen LogP contribution in [0.3, 0.4) is 0 Å². The molecule has 2 rings (SSSR count). The van der Waals surface area contributed by atoms with Crippen LogP contribution in [-0.4, -0.2) is 5.91 Å². The summed E-state index contributed by atoms with van der Waals surface area (Å²) >= 11 is 0. The Balaban J connectivity index is 1.85. The molecule has 21 heavy (non-hydrogen) atoms. The lowest BCUT2D eigenvalue weighted by atomic mass is 10.2. The van der Waals surface area contributed by atoms with Crippen molar-refractivity contribution in [2.75, 3.05) is 10.6 Å². The molecule has 3 heteroatoms. The van der Waals surface area contributed by atoms with Crippen LogP contribution in [0.1, 0.15) is 32.6 Å². The summed E-state index contributed by atoms with van der Waals surface area (Å²) < 4.78 is 0. The van der Waals surface area contributed by atoms with Crippen LogP contribution in [-0.2, 0) is 4.79 Å². The highest BCUT2D eigenvalue weighted by Crippen LogP contribution is 2.18. The summed E-state index contributed by atoms with van der Waals surface area (Å²) in [4.78, 5) is 11.7. The maximum atomic E-state index is 11.7. The summed E-state index contributed by atoms with van der Waals surface area (Å²) in [6, 6.07) is 17.8. The van der Waals surface area contributed by atoms with E-state index in [4.69, 9.17) is 0 Å². The summed E-state index contributed by atoms with van der Waals surface area (Å²) in [5, 5.41) is 6.24. The molecule has 0 aliphatic rings. The number of benzene rings is 2. The second-order valence-electron chi connectivity index (χ2n) is 5.07. The van der Waals surface area contributed by atoms with E-state index in [0.717, 1.165) is 36.3 Å². The zero-order valence-corrected chi connectivity index (χ0v) is 12.4. The Labute approximate surface area is 126 Å². The van der Waals surface area contributed by atoms with Gasteiger partial charge in [0.15, 0.2) is 0 Å². The van der Waals surface area contributed by atoms with Crippen LogP contribution in [0.4, 0.5) is 17.1 Å². The molecule has 0 unspecified atom stereocenters. The lowest BCUT2D eigenvalue weighted by molar-refractivity contribution is -0.116. The molecule has 0 bridgehead atoms. The molecular weight excluding hydrogens is 260 g/mol. The van der Waals surface area contributed by atoms with Crippen molar-refractivity contribution in [1.29, 1.82) is 0 Å². The van der Waals surface area contributed by atoms with Crippen LogP contribution in [0, 0.1) is 0 Å². The molecule has 0 saturated carbocycles. The van der Waals surface area contributed by atoms with Gasteiger partial charge in [0.25, 0.3) is 0 Å². The third kappa shape index (κ3) is 5.30. The van der Waals surface area contributed by atoms with Crippen LogP contribution < -0.4 is 10.6 Å². The van der Waals surface area contributed by atoms with E-state index in [1.165, 1.54) is 0 Å². The number of hydrogen-bond acceptors (Lipinski definition) is 2. The van der Waals surface area contributed by atoms with E-state index in [0.29, 0.717) is 6.42 Å². The maximum Gasteiger partial charge on any atom is 0.224 e. The summed E-state index contributed by atoms with van der Waals surface area (Å²) in [6.45, 7) is 2.14. The van der Waals surface area contributed by atoms with Gasteiger partial charge in [0, 0.05) is 23.5 Å². The fourth-order valence-corrected chi connectivity index (χ4v) is 2.08. The third-order valence-electron chi connectivity index (χ3n) is 3.24. The second kappa shape index (κ2) is 8.10. The fourth-order valence-electron chi connectivity index (χ4n) is 2.08. The minimum absolute atomic E-state index is 0.0900. The van der Waals surface area contributed by atoms with Crippen LogP contribution in [0.25, 0.3) is 0 Å². The number of amides is 1. The molecular formula is C18H22N2O. The first-order valence-corrected chi connectivity index (χ1v) is 7.50. The van der Waals surface area contributed by atoms with Crippen molar-refractivity contribution in [3.05, 3.63) is 54.6 Å². The first-order valence-electron chi connectivity index (χ1n) is 7.50. The predicted octanol–water partition coefficient (Wildman–Crippen LogP) is 4.95. The van der Waals surface area contributed by atoms with E-state index in [9.17, 15) is 4.79 Å². The van der Waals surface area contributed by atoms with Gasteiger partial charge in [-0.25, -0.2) is 0 Å². The van der Waals surface area contributed by atoms with Gasteiger partial charge < -0.3 is 10.6 Å². The lowest BCUT2D eigenvalue weighted by Gasteiger charge is -2.08. The number of para-hydroxylation sites is 1. The molecule has 3 nitrogen and oxygen atoms in total. The Kier molecular flexibility index (Phi) is 5.83. The van der Waals surface area contributed by atoms with Crippen molar-refractivity contribution in [2.45, 2.75) is 32.6 Å². The number of anilines is 3. The molecule has 0 aliphatic heterocycles. The molecule has 0 aromatic heterocycles. The van der Waals surface area contributed by atoms with Gasteiger partial charge >= 0.3 is 0 Å². The Hall–Kier alpha value is -2.29. The van der Waals surface area contributed by atoms with Gasteiger partial charge in [-0.2, -0.15) is 0 Å². The zero-order chi connectivity index (χ0) is 14.9. The number of carbonyl (C=O) groups excluding carboxylic acids is 1. The van der Waals surface area contributed by atoms with Gasteiger partial charge in [-0.05, 0) is 42.8 Å². The van der Waals surface area contributed by atoms with Crippen LogP contribution in [0.5, 0.6) is 0 Å². The topological polar surface area (TPSA) is 41.1 Å².